The fourth-order valence-electron chi connectivity index (χ4n) is 2.09. The van der Waals surface area contributed by atoms with Gasteiger partial charge in [0.2, 0.25) is 0 Å². The zero-order valence-electron chi connectivity index (χ0n) is 11.4. The lowest BCUT2D eigenvalue weighted by molar-refractivity contribution is 0.102. The molecule has 3 aromatic rings. The maximum absolute atomic E-state index is 12.2. The van der Waals surface area contributed by atoms with Crippen LogP contribution in [0.3, 0.4) is 0 Å². The number of aliphatic hydroxyl groups is 1. The average molecular weight is 282 g/mol. The number of nitrogens with one attached hydrogen (secondary N) is 1. The number of anilines is 1. The second kappa shape index (κ2) is 5.34. The molecule has 0 saturated heterocycles. The maximum atomic E-state index is 12.2. The molecule has 0 spiro atoms. The van der Waals surface area contributed by atoms with Crippen LogP contribution in [-0.4, -0.2) is 25.5 Å². The Balaban J connectivity index is 1.86. The van der Waals surface area contributed by atoms with E-state index in [9.17, 15) is 4.79 Å². The van der Waals surface area contributed by atoms with Crippen molar-refractivity contribution in [3.63, 3.8) is 0 Å². The highest BCUT2D eigenvalue weighted by Gasteiger charge is 2.10. The molecule has 3 rings (SSSR count). The third kappa shape index (κ3) is 2.61. The van der Waals surface area contributed by atoms with Crippen molar-refractivity contribution >= 4 is 22.8 Å². The zero-order valence-corrected chi connectivity index (χ0v) is 11.4. The van der Waals surface area contributed by atoms with E-state index in [2.05, 4.69) is 15.3 Å². The van der Waals surface area contributed by atoms with Crippen molar-refractivity contribution in [1.29, 1.82) is 0 Å². The first-order valence-corrected chi connectivity index (χ1v) is 6.45. The molecule has 1 aromatic carbocycles. The number of carbonyl (C=O) groups is 1. The number of fused-ring (bicyclic) bond motifs is 1. The molecule has 2 aromatic heterocycles. The van der Waals surface area contributed by atoms with Crippen LogP contribution in [0.2, 0.25) is 0 Å². The van der Waals surface area contributed by atoms with Crippen molar-refractivity contribution in [2.24, 2.45) is 7.05 Å². The highest BCUT2D eigenvalue weighted by atomic mass is 16.3. The number of nitrogens with zero attached hydrogens (tertiary/aromatic N) is 3. The summed E-state index contributed by atoms with van der Waals surface area (Å²) in [6, 6.07) is 8.76. The minimum absolute atomic E-state index is 0.0643. The molecule has 1 amide bonds. The molecule has 6 nitrogen and oxygen atoms in total. The summed E-state index contributed by atoms with van der Waals surface area (Å²) in [6.07, 6.45) is 3.18. The van der Waals surface area contributed by atoms with Crippen LogP contribution in [0, 0.1) is 0 Å². The smallest absolute Gasteiger partial charge is 0.257 e. The van der Waals surface area contributed by atoms with Gasteiger partial charge in [0.1, 0.15) is 5.52 Å². The van der Waals surface area contributed by atoms with Crippen molar-refractivity contribution in [2.75, 3.05) is 5.32 Å². The van der Waals surface area contributed by atoms with E-state index in [0.29, 0.717) is 16.8 Å². The minimum atomic E-state index is -0.259. The van der Waals surface area contributed by atoms with Gasteiger partial charge < -0.3 is 15.0 Å². The Kier molecular flexibility index (Phi) is 3.37. The molecule has 2 N–H and O–H groups in total. The topological polar surface area (TPSA) is 80.0 Å². The van der Waals surface area contributed by atoms with E-state index in [0.717, 1.165) is 11.2 Å². The maximum Gasteiger partial charge on any atom is 0.257 e. The number of hydrogen-bond donors (Lipinski definition) is 2. The number of benzene rings is 1. The monoisotopic (exact) mass is 282 g/mol. The molecule has 0 aliphatic heterocycles. The lowest BCUT2D eigenvalue weighted by Crippen LogP contribution is -2.12. The first-order valence-electron chi connectivity index (χ1n) is 6.45. The first kappa shape index (κ1) is 13.3. The molecule has 0 aliphatic carbocycles. The van der Waals surface area contributed by atoms with E-state index in [4.69, 9.17) is 5.11 Å². The third-order valence-corrected chi connectivity index (χ3v) is 3.18. The molecular weight excluding hydrogens is 268 g/mol. The molecule has 0 aliphatic rings. The standard InChI is InChI=1S/C15H14N4O2/c1-19-9-17-13-6-11(7-16-14(13)19)15(21)18-12-4-2-3-10(5-12)8-20/h2-7,9,20H,8H2,1H3,(H,18,21). The number of aliphatic hydroxyl groups excluding tert-OH is 1. The largest absolute Gasteiger partial charge is 0.392 e. The van der Waals surface area contributed by atoms with Gasteiger partial charge in [0, 0.05) is 18.9 Å². The second-order valence-electron chi connectivity index (χ2n) is 4.73. The van der Waals surface area contributed by atoms with Gasteiger partial charge in [-0.2, -0.15) is 0 Å². The van der Waals surface area contributed by atoms with Crippen LogP contribution in [0.5, 0.6) is 0 Å². The molecule has 21 heavy (non-hydrogen) atoms. The van der Waals surface area contributed by atoms with Crippen molar-refractivity contribution in [2.45, 2.75) is 6.61 Å². The number of imidazole rings is 1. The van der Waals surface area contributed by atoms with Crippen molar-refractivity contribution in [3.05, 3.63) is 54.0 Å². The van der Waals surface area contributed by atoms with Crippen LogP contribution in [-0.2, 0) is 13.7 Å². The van der Waals surface area contributed by atoms with Crippen molar-refractivity contribution in [1.82, 2.24) is 14.5 Å². The average Bonchev–Trinajstić information content (AvgIpc) is 2.88. The van der Waals surface area contributed by atoms with Crippen molar-refractivity contribution in [3.8, 4) is 0 Å². The summed E-state index contributed by atoms with van der Waals surface area (Å²) < 4.78 is 1.79. The normalized spacial score (nSPS) is 10.8. The van der Waals surface area contributed by atoms with Gasteiger partial charge >= 0.3 is 0 Å². The Bertz CT molecular complexity index is 810. The summed E-state index contributed by atoms with van der Waals surface area (Å²) in [7, 11) is 1.85. The molecule has 0 bridgehead atoms. The minimum Gasteiger partial charge on any atom is -0.392 e. The van der Waals surface area contributed by atoms with Crippen LogP contribution in [0.4, 0.5) is 5.69 Å². The predicted molar refractivity (Wildman–Crippen MR) is 78.8 cm³/mol. The number of aryl methyl sites for hydroxylation is 1. The van der Waals surface area contributed by atoms with Crippen LogP contribution in [0.15, 0.2) is 42.9 Å². The van der Waals surface area contributed by atoms with E-state index in [1.807, 2.05) is 7.05 Å². The number of pyridine rings is 1. The van der Waals surface area contributed by atoms with E-state index in [-0.39, 0.29) is 12.5 Å². The van der Waals surface area contributed by atoms with Crippen LogP contribution >= 0.6 is 0 Å². The summed E-state index contributed by atoms with van der Waals surface area (Å²) >= 11 is 0. The third-order valence-electron chi connectivity index (χ3n) is 3.18. The lowest BCUT2D eigenvalue weighted by Gasteiger charge is -2.06. The summed E-state index contributed by atoms with van der Waals surface area (Å²) in [4.78, 5) is 20.6. The van der Waals surface area contributed by atoms with Crippen LogP contribution in [0.1, 0.15) is 15.9 Å². The Labute approximate surface area is 121 Å². The predicted octanol–water partition coefficient (Wildman–Crippen LogP) is 1.71. The number of rotatable bonds is 3. The van der Waals surface area contributed by atoms with Crippen LogP contribution in [0.25, 0.3) is 11.2 Å². The zero-order chi connectivity index (χ0) is 14.8. The highest BCUT2D eigenvalue weighted by Crippen LogP contribution is 2.14. The van der Waals surface area contributed by atoms with E-state index in [1.165, 1.54) is 6.20 Å². The first-order chi connectivity index (χ1) is 10.2. The van der Waals surface area contributed by atoms with Gasteiger partial charge in [-0.05, 0) is 23.8 Å². The fourth-order valence-corrected chi connectivity index (χ4v) is 2.09. The van der Waals surface area contributed by atoms with Gasteiger partial charge in [0.25, 0.3) is 5.91 Å². The molecule has 0 radical (unpaired) electrons. The molecule has 106 valence electrons. The van der Waals surface area contributed by atoms with Gasteiger partial charge in [0.15, 0.2) is 5.65 Å². The molecule has 0 fully saturated rings. The SMILES string of the molecule is Cn1cnc2cc(C(=O)Nc3cccc(CO)c3)cnc21. The number of hydrogen-bond acceptors (Lipinski definition) is 4. The van der Waals surface area contributed by atoms with Crippen molar-refractivity contribution < 1.29 is 9.90 Å². The van der Waals surface area contributed by atoms with Crippen LogP contribution < -0.4 is 5.32 Å². The lowest BCUT2D eigenvalue weighted by atomic mass is 10.2. The summed E-state index contributed by atoms with van der Waals surface area (Å²) in [5.74, 6) is -0.259. The summed E-state index contributed by atoms with van der Waals surface area (Å²) in [5, 5.41) is 11.9. The summed E-state index contributed by atoms with van der Waals surface area (Å²) in [5.41, 5.74) is 3.22. The summed E-state index contributed by atoms with van der Waals surface area (Å²) in [6.45, 7) is -0.0643. The number of amides is 1. The van der Waals surface area contributed by atoms with Gasteiger partial charge in [-0.25, -0.2) is 9.97 Å². The molecule has 0 atom stereocenters. The Morgan fingerprint density at radius 3 is 3.00 bits per heavy atom. The van der Waals surface area contributed by atoms with E-state index < -0.39 is 0 Å². The van der Waals surface area contributed by atoms with E-state index in [1.54, 1.807) is 41.2 Å². The molecular formula is C15H14N4O2. The molecule has 0 unspecified atom stereocenters. The Hall–Kier alpha value is -2.73. The number of carbonyl (C=O) groups excluding carboxylic acids is 1. The number of aromatic nitrogens is 3. The van der Waals surface area contributed by atoms with E-state index >= 15 is 0 Å². The molecule has 6 heteroatoms. The molecule has 2 heterocycles. The quantitative estimate of drug-likeness (QED) is 0.766. The Morgan fingerprint density at radius 2 is 2.19 bits per heavy atom. The van der Waals surface area contributed by atoms with Gasteiger partial charge in [0.05, 0.1) is 18.5 Å². The highest BCUT2D eigenvalue weighted by molar-refractivity contribution is 6.05. The molecule has 0 saturated carbocycles. The van der Waals surface area contributed by atoms with Gasteiger partial charge in [-0.3, -0.25) is 4.79 Å². The second-order valence-corrected chi connectivity index (χ2v) is 4.73. The van der Waals surface area contributed by atoms with Gasteiger partial charge in [-0.15, -0.1) is 0 Å². The Morgan fingerprint density at radius 1 is 1.33 bits per heavy atom. The van der Waals surface area contributed by atoms with Gasteiger partial charge in [-0.1, -0.05) is 12.1 Å². The fraction of sp³-hybridized carbons (Fsp3) is 0.133.